The lowest BCUT2D eigenvalue weighted by Crippen LogP contribution is -2.24. The lowest BCUT2D eigenvalue weighted by atomic mass is 10.2. The maximum Gasteiger partial charge on any atom is 0.223 e. The van der Waals surface area contributed by atoms with Crippen LogP contribution in [0.25, 0.3) is 0 Å². The van der Waals surface area contributed by atoms with E-state index >= 15 is 0 Å². The van der Waals surface area contributed by atoms with Crippen molar-refractivity contribution in [1.82, 2.24) is 10.3 Å². The van der Waals surface area contributed by atoms with Gasteiger partial charge >= 0.3 is 0 Å². The van der Waals surface area contributed by atoms with E-state index in [0.29, 0.717) is 6.54 Å². The highest BCUT2D eigenvalue weighted by atomic mass is 16.2. The van der Waals surface area contributed by atoms with Gasteiger partial charge in [0.2, 0.25) is 5.91 Å². The molecule has 14 heavy (non-hydrogen) atoms. The summed E-state index contributed by atoms with van der Waals surface area (Å²) in [5.41, 5.74) is 2.11. The Hall–Kier alpha value is -1.38. The average molecular weight is 190 g/mol. The summed E-state index contributed by atoms with van der Waals surface area (Å²) in [4.78, 5) is 15.5. The first kappa shape index (κ1) is 9.19. The molecule has 1 saturated carbocycles. The summed E-state index contributed by atoms with van der Waals surface area (Å²) >= 11 is 0. The summed E-state index contributed by atoms with van der Waals surface area (Å²) in [5.74, 6) is 0.452. The summed E-state index contributed by atoms with van der Waals surface area (Å²) in [6.07, 6.45) is 3.87. The molecule has 2 rings (SSSR count). The highest BCUT2D eigenvalue weighted by Crippen LogP contribution is 2.28. The van der Waals surface area contributed by atoms with Crippen LogP contribution in [0.1, 0.15) is 24.1 Å². The molecule has 0 spiro atoms. The Labute approximate surface area is 83.5 Å². The number of rotatable bonds is 3. The molecule has 1 aromatic heterocycles. The second kappa shape index (κ2) is 3.78. The van der Waals surface area contributed by atoms with Crippen molar-refractivity contribution < 1.29 is 4.79 Å². The van der Waals surface area contributed by atoms with Crippen LogP contribution >= 0.6 is 0 Å². The number of carbonyl (C=O) groups is 1. The fraction of sp³-hybridized carbons (Fsp3) is 0.455. The number of aromatic nitrogens is 1. The number of amides is 1. The molecule has 0 saturated heterocycles. The van der Waals surface area contributed by atoms with Crippen molar-refractivity contribution in [2.45, 2.75) is 26.3 Å². The van der Waals surface area contributed by atoms with Gasteiger partial charge in [0, 0.05) is 12.1 Å². The predicted molar refractivity (Wildman–Crippen MR) is 53.5 cm³/mol. The Balaban J connectivity index is 1.87. The fourth-order valence-corrected chi connectivity index (χ4v) is 1.36. The predicted octanol–water partition coefficient (Wildman–Crippen LogP) is 1.42. The third-order valence-electron chi connectivity index (χ3n) is 2.36. The molecule has 1 amide bonds. The highest BCUT2D eigenvalue weighted by molar-refractivity contribution is 5.80. The Morgan fingerprint density at radius 2 is 2.43 bits per heavy atom. The van der Waals surface area contributed by atoms with Crippen LogP contribution in [0.15, 0.2) is 18.3 Å². The normalized spacial score (nSPS) is 15.2. The lowest BCUT2D eigenvalue weighted by molar-refractivity contribution is -0.122. The van der Waals surface area contributed by atoms with Crippen molar-refractivity contribution in [3.05, 3.63) is 29.6 Å². The first-order valence-corrected chi connectivity index (χ1v) is 4.95. The Morgan fingerprint density at radius 1 is 1.64 bits per heavy atom. The van der Waals surface area contributed by atoms with Gasteiger partial charge in [-0.15, -0.1) is 0 Å². The van der Waals surface area contributed by atoms with E-state index in [4.69, 9.17) is 0 Å². The quantitative estimate of drug-likeness (QED) is 0.783. The van der Waals surface area contributed by atoms with E-state index in [2.05, 4.69) is 10.3 Å². The molecule has 0 unspecified atom stereocenters. The van der Waals surface area contributed by atoms with Crippen LogP contribution < -0.4 is 5.32 Å². The molecule has 3 heteroatoms. The van der Waals surface area contributed by atoms with Gasteiger partial charge in [-0.05, 0) is 37.5 Å². The van der Waals surface area contributed by atoms with Crippen molar-refractivity contribution in [3.63, 3.8) is 0 Å². The molecule has 1 aliphatic rings. The van der Waals surface area contributed by atoms with Gasteiger partial charge in [0.05, 0.1) is 12.2 Å². The van der Waals surface area contributed by atoms with Crippen LogP contribution in [0.3, 0.4) is 0 Å². The molecule has 1 heterocycles. The van der Waals surface area contributed by atoms with Gasteiger partial charge in [0.1, 0.15) is 0 Å². The minimum absolute atomic E-state index is 0.174. The van der Waals surface area contributed by atoms with E-state index < -0.39 is 0 Å². The van der Waals surface area contributed by atoms with E-state index in [1.54, 1.807) is 6.20 Å². The molecule has 1 aromatic rings. The number of carbonyl (C=O) groups excluding carboxylic acids is 1. The van der Waals surface area contributed by atoms with E-state index in [-0.39, 0.29) is 11.8 Å². The van der Waals surface area contributed by atoms with Gasteiger partial charge in [0.15, 0.2) is 0 Å². The molecule has 0 aromatic carbocycles. The molecular formula is C11H14N2O. The van der Waals surface area contributed by atoms with Crippen molar-refractivity contribution in [1.29, 1.82) is 0 Å². The maximum absolute atomic E-state index is 11.3. The van der Waals surface area contributed by atoms with Crippen LogP contribution in [0.2, 0.25) is 0 Å². The van der Waals surface area contributed by atoms with Crippen molar-refractivity contribution in [3.8, 4) is 0 Å². The number of hydrogen-bond acceptors (Lipinski definition) is 2. The molecule has 74 valence electrons. The number of nitrogens with one attached hydrogen (secondary N) is 1. The van der Waals surface area contributed by atoms with E-state index in [1.165, 1.54) is 5.56 Å². The van der Waals surface area contributed by atoms with Gasteiger partial charge in [-0.2, -0.15) is 0 Å². The average Bonchev–Trinajstić information content (AvgIpc) is 2.97. The monoisotopic (exact) mass is 190 g/mol. The highest BCUT2D eigenvalue weighted by Gasteiger charge is 2.29. The first-order valence-electron chi connectivity index (χ1n) is 4.95. The molecule has 0 atom stereocenters. The minimum Gasteiger partial charge on any atom is -0.350 e. The number of hydrogen-bond donors (Lipinski definition) is 1. The number of aryl methyl sites for hydroxylation is 1. The summed E-state index contributed by atoms with van der Waals surface area (Å²) in [6, 6.07) is 3.94. The van der Waals surface area contributed by atoms with Crippen molar-refractivity contribution >= 4 is 5.91 Å². The van der Waals surface area contributed by atoms with Crippen molar-refractivity contribution in [2.24, 2.45) is 5.92 Å². The van der Waals surface area contributed by atoms with Crippen molar-refractivity contribution in [2.75, 3.05) is 0 Å². The van der Waals surface area contributed by atoms with Crippen LogP contribution in [0.4, 0.5) is 0 Å². The lowest BCUT2D eigenvalue weighted by Gasteiger charge is -2.03. The molecular weight excluding hydrogens is 176 g/mol. The molecule has 1 fully saturated rings. The Bertz CT molecular complexity index is 345. The van der Waals surface area contributed by atoms with Gasteiger partial charge in [-0.1, -0.05) is 0 Å². The zero-order valence-electron chi connectivity index (χ0n) is 8.29. The van der Waals surface area contributed by atoms with Gasteiger partial charge in [-0.25, -0.2) is 0 Å². The van der Waals surface area contributed by atoms with Crippen LogP contribution in [0, 0.1) is 12.8 Å². The molecule has 1 aliphatic carbocycles. The van der Waals surface area contributed by atoms with Crippen LogP contribution in [-0.4, -0.2) is 10.9 Å². The fourth-order valence-electron chi connectivity index (χ4n) is 1.36. The third kappa shape index (κ3) is 2.31. The second-order valence-corrected chi connectivity index (χ2v) is 3.82. The maximum atomic E-state index is 11.3. The van der Waals surface area contributed by atoms with Gasteiger partial charge < -0.3 is 5.32 Å². The summed E-state index contributed by atoms with van der Waals surface area (Å²) in [5, 5.41) is 2.89. The SMILES string of the molecule is Cc1ccnc(CNC(=O)C2CC2)c1. The Kier molecular flexibility index (Phi) is 2.48. The summed E-state index contributed by atoms with van der Waals surface area (Å²) in [6.45, 7) is 2.57. The van der Waals surface area contributed by atoms with Gasteiger partial charge in [-0.3, -0.25) is 9.78 Å². The Morgan fingerprint density at radius 3 is 3.07 bits per heavy atom. The molecule has 0 aliphatic heterocycles. The zero-order chi connectivity index (χ0) is 9.97. The number of pyridine rings is 1. The smallest absolute Gasteiger partial charge is 0.223 e. The largest absolute Gasteiger partial charge is 0.350 e. The first-order chi connectivity index (χ1) is 6.75. The number of nitrogens with zero attached hydrogens (tertiary/aromatic N) is 1. The summed E-state index contributed by atoms with van der Waals surface area (Å²) < 4.78 is 0. The third-order valence-corrected chi connectivity index (χ3v) is 2.36. The topological polar surface area (TPSA) is 42.0 Å². The molecule has 1 N–H and O–H groups in total. The van der Waals surface area contributed by atoms with Gasteiger partial charge in [0.25, 0.3) is 0 Å². The van der Waals surface area contributed by atoms with Crippen LogP contribution in [0.5, 0.6) is 0 Å². The summed E-state index contributed by atoms with van der Waals surface area (Å²) in [7, 11) is 0. The molecule has 0 bridgehead atoms. The van der Waals surface area contributed by atoms with E-state index in [0.717, 1.165) is 18.5 Å². The standard InChI is InChI=1S/C11H14N2O/c1-8-4-5-12-10(6-8)7-13-11(14)9-2-3-9/h4-6,9H,2-3,7H2,1H3,(H,13,14). The zero-order valence-corrected chi connectivity index (χ0v) is 8.29. The molecule has 0 radical (unpaired) electrons. The molecule has 3 nitrogen and oxygen atoms in total. The second-order valence-electron chi connectivity index (χ2n) is 3.82. The van der Waals surface area contributed by atoms with E-state index in [1.807, 2.05) is 19.1 Å². The van der Waals surface area contributed by atoms with E-state index in [9.17, 15) is 4.79 Å². The van der Waals surface area contributed by atoms with Crippen LogP contribution in [-0.2, 0) is 11.3 Å². The minimum atomic E-state index is 0.174.